The maximum absolute atomic E-state index is 12.7. The Morgan fingerprint density at radius 2 is 1.23 bits per heavy atom. The van der Waals surface area contributed by atoms with Crippen LogP contribution in [0.5, 0.6) is 0 Å². The smallest absolute Gasteiger partial charge is 0.171 e. The minimum Gasteiger partial charge on any atom is -0.171 e. The molecule has 0 aliphatic heterocycles. The largest absolute Gasteiger partial charge is 0.394 e. The Balaban J connectivity index is 2.20. The minimum absolute atomic E-state index is 0.229. The first-order valence-corrected chi connectivity index (χ1v) is 4.94. The monoisotopic (exact) mass is 192 g/mol. The van der Waals surface area contributed by atoms with Crippen molar-refractivity contribution in [2.75, 3.05) is 0 Å². The first-order valence-electron chi connectivity index (χ1n) is 4.94. The molecule has 0 saturated heterocycles. The fraction of sp³-hybridized carbons (Fsp3) is 1.00. The van der Waals surface area contributed by atoms with Gasteiger partial charge in [0.25, 0.3) is 0 Å². The maximum atomic E-state index is 12.7. The third kappa shape index (κ3) is 1.27. The molecule has 3 rings (SSSR count). The topological polar surface area (TPSA) is 0 Å². The van der Waals surface area contributed by atoms with Gasteiger partial charge in [0.15, 0.2) is 0 Å². The lowest BCUT2D eigenvalue weighted by Gasteiger charge is -2.52. The van der Waals surface area contributed by atoms with Gasteiger partial charge in [-0.3, -0.25) is 0 Å². The lowest BCUT2D eigenvalue weighted by Crippen LogP contribution is -2.48. The number of fused-ring (bicyclic) bond motifs is 3. The molecule has 0 aromatic carbocycles. The van der Waals surface area contributed by atoms with E-state index in [1.807, 2.05) is 0 Å². The molecule has 0 spiro atoms. The second-order valence-corrected chi connectivity index (χ2v) is 5.09. The van der Waals surface area contributed by atoms with Crippen LogP contribution in [0.4, 0.5) is 13.2 Å². The maximum Gasteiger partial charge on any atom is 0.394 e. The number of halogens is 3. The predicted molar refractivity (Wildman–Crippen MR) is 44.3 cm³/mol. The van der Waals surface area contributed by atoms with E-state index in [0.717, 1.165) is 19.3 Å². The summed E-state index contributed by atoms with van der Waals surface area (Å²) in [7, 11) is 0. The Bertz CT molecular complexity index is 192. The Hall–Kier alpha value is -0.210. The Morgan fingerprint density at radius 3 is 1.54 bits per heavy atom. The molecule has 2 bridgehead atoms. The average molecular weight is 192 g/mol. The first-order chi connectivity index (χ1) is 5.87. The fourth-order valence-electron chi connectivity index (χ4n) is 2.80. The number of rotatable bonds is 0. The van der Waals surface area contributed by atoms with Crippen molar-refractivity contribution in [1.29, 1.82) is 0 Å². The summed E-state index contributed by atoms with van der Waals surface area (Å²) >= 11 is 0. The SMILES string of the molecule is CC12CCC(C(F)(F)F)(CC1)CC2. The van der Waals surface area contributed by atoms with Crippen LogP contribution in [0.3, 0.4) is 0 Å². The van der Waals surface area contributed by atoms with Crippen LogP contribution in [0.25, 0.3) is 0 Å². The van der Waals surface area contributed by atoms with Crippen LogP contribution < -0.4 is 0 Å². The normalized spacial score (nSPS) is 45.2. The van der Waals surface area contributed by atoms with Gasteiger partial charge in [-0.1, -0.05) is 6.92 Å². The van der Waals surface area contributed by atoms with Gasteiger partial charge >= 0.3 is 6.18 Å². The van der Waals surface area contributed by atoms with E-state index in [4.69, 9.17) is 0 Å². The van der Waals surface area contributed by atoms with E-state index in [2.05, 4.69) is 6.92 Å². The molecule has 0 radical (unpaired) electrons. The average Bonchev–Trinajstić information content (AvgIpc) is 2.04. The van der Waals surface area contributed by atoms with Crippen molar-refractivity contribution < 1.29 is 13.2 Å². The van der Waals surface area contributed by atoms with Crippen LogP contribution in [0, 0.1) is 10.8 Å². The number of hydrogen-bond acceptors (Lipinski definition) is 0. The van der Waals surface area contributed by atoms with Gasteiger partial charge in [0.1, 0.15) is 0 Å². The van der Waals surface area contributed by atoms with Gasteiger partial charge in [-0.05, 0) is 43.9 Å². The molecule has 0 heterocycles. The van der Waals surface area contributed by atoms with Crippen molar-refractivity contribution >= 4 is 0 Å². The summed E-state index contributed by atoms with van der Waals surface area (Å²) < 4.78 is 38.2. The highest BCUT2D eigenvalue weighted by molar-refractivity contribution is 5.00. The quantitative estimate of drug-likeness (QED) is 0.546. The van der Waals surface area contributed by atoms with Gasteiger partial charge in [-0.2, -0.15) is 13.2 Å². The van der Waals surface area contributed by atoms with Crippen molar-refractivity contribution in [2.45, 2.75) is 51.6 Å². The highest BCUT2D eigenvalue weighted by Gasteiger charge is 2.60. The van der Waals surface area contributed by atoms with Crippen molar-refractivity contribution in [3.8, 4) is 0 Å². The third-order valence-corrected chi connectivity index (χ3v) is 4.22. The molecular weight excluding hydrogens is 177 g/mol. The summed E-state index contributed by atoms with van der Waals surface area (Å²) in [5, 5.41) is 0. The van der Waals surface area contributed by atoms with E-state index in [0.29, 0.717) is 19.3 Å². The van der Waals surface area contributed by atoms with Gasteiger partial charge in [0.2, 0.25) is 0 Å². The molecule has 3 fully saturated rings. The molecule has 0 unspecified atom stereocenters. The molecule has 0 atom stereocenters. The Labute approximate surface area is 76.5 Å². The standard InChI is InChI=1S/C10H15F3/c1-8-2-5-9(6-3-8,7-4-8)10(11,12)13/h2-7H2,1H3. The fourth-order valence-corrected chi connectivity index (χ4v) is 2.80. The number of alkyl halides is 3. The lowest BCUT2D eigenvalue weighted by atomic mass is 9.54. The van der Waals surface area contributed by atoms with Crippen LogP contribution in [0.2, 0.25) is 0 Å². The van der Waals surface area contributed by atoms with Crippen LogP contribution in [-0.4, -0.2) is 6.18 Å². The van der Waals surface area contributed by atoms with E-state index >= 15 is 0 Å². The number of hydrogen-bond donors (Lipinski definition) is 0. The van der Waals surface area contributed by atoms with Gasteiger partial charge in [-0.15, -0.1) is 0 Å². The molecule has 3 aliphatic carbocycles. The van der Waals surface area contributed by atoms with E-state index in [1.165, 1.54) is 0 Å². The molecule has 3 saturated carbocycles. The molecule has 3 aliphatic rings. The van der Waals surface area contributed by atoms with Crippen LogP contribution in [0.1, 0.15) is 45.4 Å². The highest BCUT2D eigenvalue weighted by atomic mass is 19.4. The zero-order valence-corrected chi connectivity index (χ0v) is 7.88. The summed E-state index contributed by atoms with van der Waals surface area (Å²) in [5.41, 5.74) is -1.07. The second kappa shape index (κ2) is 2.43. The summed E-state index contributed by atoms with van der Waals surface area (Å²) in [6.45, 7) is 2.13. The molecule has 0 N–H and O–H groups in total. The third-order valence-electron chi connectivity index (χ3n) is 4.22. The first kappa shape index (κ1) is 9.35. The molecule has 0 aromatic heterocycles. The molecule has 13 heavy (non-hydrogen) atoms. The molecule has 0 amide bonds. The second-order valence-electron chi connectivity index (χ2n) is 5.09. The van der Waals surface area contributed by atoms with Gasteiger partial charge in [0.05, 0.1) is 5.41 Å². The van der Waals surface area contributed by atoms with Gasteiger partial charge in [0, 0.05) is 0 Å². The Morgan fingerprint density at radius 1 is 0.846 bits per heavy atom. The van der Waals surface area contributed by atoms with Crippen molar-refractivity contribution in [3.63, 3.8) is 0 Å². The molecule has 0 nitrogen and oxygen atoms in total. The van der Waals surface area contributed by atoms with E-state index in [1.54, 1.807) is 0 Å². The van der Waals surface area contributed by atoms with Crippen molar-refractivity contribution in [1.82, 2.24) is 0 Å². The summed E-state index contributed by atoms with van der Waals surface area (Å²) in [6.07, 6.45) is -0.548. The molecule has 3 heteroatoms. The van der Waals surface area contributed by atoms with Crippen molar-refractivity contribution in [3.05, 3.63) is 0 Å². The summed E-state index contributed by atoms with van der Waals surface area (Å²) in [6, 6.07) is 0. The van der Waals surface area contributed by atoms with Crippen LogP contribution in [-0.2, 0) is 0 Å². The Kier molecular flexibility index (Phi) is 1.74. The lowest BCUT2D eigenvalue weighted by molar-refractivity contribution is -0.258. The van der Waals surface area contributed by atoms with Gasteiger partial charge in [-0.25, -0.2) is 0 Å². The summed E-state index contributed by atoms with van der Waals surface area (Å²) in [4.78, 5) is 0. The zero-order valence-electron chi connectivity index (χ0n) is 7.88. The highest BCUT2D eigenvalue weighted by Crippen LogP contribution is 2.62. The van der Waals surface area contributed by atoms with Crippen molar-refractivity contribution in [2.24, 2.45) is 10.8 Å². The summed E-state index contributed by atoms with van der Waals surface area (Å²) in [5.74, 6) is 0. The van der Waals surface area contributed by atoms with Crippen LogP contribution >= 0.6 is 0 Å². The molecular formula is C10H15F3. The van der Waals surface area contributed by atoms with E-state index < -0.39 is 11.6 Å². The van der Waals surface area contributed by atoms with E-state index in [9.17, 15) is 13.2 Å². The van der Waals surface area contributed by atoms with Crippen LogP contribution in [0.15, 0.2) is 0 Å². The predicted octanol–water partition coefficient (Wildman–Crippen LogP) is 3.91. The zero-order chi connectivity index (χ0) is 9.74. The van der Waals surface area contributed by atoms with Gasteiger partial charge < -0.3 is 0 Å². The molecule has 76 valence electrons. The molecule has 0 aromatic rings. The minimum atomic E-state index is -3.96. The van der Waals surface area contributed by atoms with E-state index in [-0.39, 0.29) is 5.41 Å².